The van der Waals surface area contributed by atoms with Crippen LogP contribution in [-0.4, -0.2) is 62.5 Å². The van der Waals surface area contributed by atoms with Gasteiger partial charge in [-0.1, -0.05) is 90.5 Å². The first-order chi connectivity index (χ1) is 21.7. The number of nitrogens with zero attached hydrogens (tertiary/aromatic N) is 2. The number of hydrogen-bond donors (Lipinski definition) is 1. The van der Waals surface area contributed by atoms with Crippen LogP contribution in [0.2, 0.25) is 5.02 Å². The van der Waals surface area contributed by atoms with E-state index in [9.17, 15) is 9.59 Å². The van der Waals surface area contributed by atoms with Crippen LogP contribution >= 0.6 is 11.6 Å². The van der Waals surface area contributed by atoms with E-state index in [1.807, 2.05) is 90.6 Å². The zero-order valence-electron chi connectivity index (χ0n) is 26.1. The first kappa shape index (κ1) is 33.6. The summed E-state index contributed by atoms with van der Waals surface area (Å²) in [5, 5.41) is 3.56. The Labute approximate surface area is 270 Å². The average molecular weight is 634 g/mol. The van der Waals surface area contributed by atoms with Gasteiger partial charge in [-0.3, -0.25) is 9.80 Å². The maximum atomic E-state index is 12.9. The standard InChI is InChI=1S/C35H40ClN3O6/c1-25-32(44-34(40)42-21-19-38(3)23-27-13-7-5-8-14-27)31(29-17-11-12-18-30(29)36)33(26(2)37-25)45-35(41)43-22-20-39(4)24-28-15-9-6-10-16-28/h5-18,31,37H,19-24H2,1-4H3. The van der Waals surface area contributed by atoms with Gasteiger partial charge in [-0.15, -0.1) is 0 Å². The lowest BCUT2D eigenvalue weighted by Crippen LogP contribution is -2.30. The number of carbonyl (C=O) groups is 2. The monoisotopic (exact) mass is 633 g/mol. The quantitative estimate of drug-likeness (QED) is 0.199. The van der Waals surface area contributed by atoms with Crippen molar-refractivity contribution >= 4 is 23.9 Å². The van der Waals surface area contributed by atoms with E-state index in [1.54, 1.807) is 32.0 Å². The lowest BCUT2D eigenvalue weighted by molar-refractivity contribution is 0.0548. The second kappa shape index (κ2) is 16.7. The number of carbonyl (C=O) groups excluding carboxylic acids is 2. The van der Waals surface area contributed by atoms with Gasteiger partial charge in [0.05, 0.1) is 11.4 Å². The number of nitrogens with one attached hydrogen (secondary N) is 1. The Bertz CT molecular complexity index is 1410. The summed E-state index contributed by atoms with van der Waals surface area (Å²) in [7, 11) is 3.90. The fourth-order valence-electron chi connectivity index (χ4n) is 4.98. The molecule has 1 aliphatic rings. The minimum absolute atomic E-state index is 0.127. The van der Waals surface area contributed by atoms with Crippen LogP contribution in [0.5, 0.6) is 0 Å². The molecule has 0 radical (unpaired) electrons. The van der Waals surface area contributed by atoms with Crippen molar-refractivity contribution in [3.05, 3.63) is 130 Å². The maximum Gasteiger partial charge on any atom is 0.513 e. The van der Waals surface area contributed by atoms with Crippen molar-refractivity contribution in [3.8, 4) is 0 Å². The zero-order valence-corrected chi connectivity index (χ0v) is 26.9. The third-order valence-electron chi connectivity index (χ3n) is 7.22. The lowest BCUT2D eigenvalue weighted by Gasteiger charge is -2.30. The highest BCUT2D eigenvalue weighted by Gasteiger charge is 2.36. The van der Waals surface area contributed by atoms with Crippen LogP contribution in [0.3, 0.4) is 0 Å². The molecule has 0 saturated heterocycles. The Morgan fingerprint density at radius 3 is 1.56 bits per heavy atom. The highest BCUT2D eigenvalue weighted by molar-refractivity contribution is 6.31. The van der Waals surface area contributed by atoms with E-state index in [4.69, 9.17) is 30.5 Å². The molecule has 0 atom stereocenters. The van der Waals surface area contributed by atoms with Gasteiger partial charge in [0.15, 0.2) is 0 Å². The topological polar surface area (TPSA) is 89.6 Å². The van der Waals surface area contributed by atoms with Crippen LogP contribution < -0.4 is 5.32 Å². The molecule has 0 aromatic heterocycles. The normalized spacial score (nSPS) is 13.6. The van der Waals surface area contributed by atoms with E-state index in [0.717, 1.165) is 11.1 Å². The number of ether oxygens (including phenoxy) is 4. The number of allylic oxidation sites excluding steroid dienone is 2. The van der Waals surface area contributed by atoms with Crippen LogP contribution in [-0.2, 0) is 32.0 Å². The summed E-state index contributed by atoms with van der Waals surface area (Å²) < 4.78 is 22.4. The number of rotatable bonds is 13. The van der Waals surface area contributed by atoms with E-state index in [1.165, 1.54) is 0 Å². The Hall–Kier alpha value is -4.31. The molecule has 3 aromatic rings. The van der Waals surface area contributed by atoms with Crippen molar-refractivity contribution in [2.45, 2.75) is 32.9 Å². The summed E-state index contributed by atoms with van der Waals surface area (Å²) >= 11 is 6.61. The molecule has 0 bridgehead atoms. The molecule has 1 aliphatic heterocycles. The molecule has 45 heavy (non-hydrogen) atoms. The molecule has 0 saturated carbocycles. The van der Waals surface area contributed by atoms with Crippen LogP contribution in [0.15, 0.2) is 108 Å². The van der Waals surface area contributed by atoms with Gasteiger partial charge in [-0.25, -0.2) is 9.59 Å². The van der Waals surface area contributed by atoms with E-state index >= 15 is 0 Å². The molecular weight excluding hydrogens is 594 g/mol. The molecule has 0 aliphatic carbocycles. The summed E-state index contributed by atoms with van der Waals surface area (Å²) in [5.74, 6) is -0.384. The van der Waals surface area contributed by atoms with Crippen LogP contribution in [0.1, 0.15) is 36.5 Å². The molecule has 238 valence electrons. The third kappa shape index (κ3) is 10.1. The minimum Gasteiger partial charge on any atom is -0.433 e. The Balaban J connectivity index is 1.38. The Morgan fingerprint density at radius 1 is 0.689 bits per heavy atom. The van der Waals surface area contributed by atoms with E-state index in [2.05, 4.69) is 5.32 Å². The average Bonchev–Trinajstić information content (AvgIpc) is 3.01. The van der Waals surface area contributed by atoms with Crippen LogP contribution in [0.25, 0.3) is 0 Å². The van der Waals surface area contributed by atoms with E-state index in [0.29, 0.717) is 48.2 Å². The van der Waals surface area contributed by atoms with Crippen molar-refractivity contribution in [3.63, 3.8) is 0 Å². The van der Waals surface area contributed by atoms with Crippen molar-refractivity contribution in [2.24, 2.45) is 0 Å². The van der Waals surface area contributed by atoms with Gasteiger partial charge in [0.25, 0.3) is 0 Å². The van der Waals surface area contributed by atoms with Gasteiger partial charge in [-0.05, 0) is 50.7 Å². The highest BCUT2D eigenvalue weighted by atomic mass is 35.5. The molecular formula is C35H40ClN3O6. The Kier molecular flexibility index (Phi) is 12.4. The summed E-state index contributed by atoms with van der Waals surface area (Å²) in [5.41, 5.74) is 4.02. The third-order valence-corrected chi connectivity index (χ3v) is 7.56. The fourth-order valence-corrected chi connectivity index (χ4v) is 5.22. The van der Waals surface area contributed by atoms with E-state index < -0.39 is 18.2 Å². The fraction of sp³-hybridized carbons (Fsp3) is 0.314. The van der Waals surface area contributed by atoms with Gasteiger partial charge in [0.2, 0.25) is 0 Å². The molecule has 4 rings (SSSR count). The molecule has 0 amide bonds. The van der Waals surface area contributed by atoms with Crippen molar-refractivity contribution in [1.82, 2.24) is 15.1 Å². The first-order valence-electron chi connectivity index (χ1n) is 14.8. The molecule has 9 nitrogen and oxygen atoms in total. The summed E-state index contributed by atoms with van der Waals surface area (Å²) in [6.07, 6.45) is -1.75. The number of hydrogen-bond acceptors (Lipinski definition) is 9. The molecule has 0 unspecified atom stereocenters. The van der Waals surface area contributed by atoms with Crippen LogP contribution in [0.4, 0.5) is 9.59 Å². The summed E-state index contributed by atoms with van der Waals surface area (Å²) in [6.45, 7) is 6.23. The predicted molar refractivity (Wildman–Crippen MR) is 173 cm³/mol. The SMILES string of the molecule is CC1=C(OC(=O)OCCN(C)Cc2ccccc2)C(c2ccccc2Cl)C(OC(=O)OCCN(C)Cc2ccccc2)=C(C)N1. The molecule has 10 heteroatoms. The molecule has 3 aromatic carbocycles. The van der Waals surface area contributed by atoms with Gasteiger partial charge in [0.1, 0.15) is 30.6 Å². The van der Waals surface area contributed by atoms with Gasteiger partial charge in [0, 0.05) is 31.2 Å². The van der Waals surface area contributed by atoms with Gasteiger partial charge >= 0.3 is 12.3 Å². The molecule has 1 heterocycles. The smallest absolute Gasteiger partial charge is 0.433 e. The lowest BCUT2D eigenvalue weighted by atomic mass is 9.90. The molecule has 0 spiro atoms. The zero-order chi connectivity index (χ0) is 32.2. The summed E-state index contributed by atoms with van der Waals surface area (Å²) in [6, 6.07) is 27.2. The molecule has 0 fully saturated rings. The van der Waals surface area contributed by atoms with E-state index in [-0.39, 0.29) is 24.7 Å². The van der Waals surface area contributed by atoms with Crippen molar-refractivity contribution in [1.29, 1.82) is 0 Å². The highest BCUT2D eigenvalue weighted by Crippen LogP contribution is 2.42. The number of likely N-dealkylation sites (N-methyl/N-ethyl adjacent to an activating group) is 2. The number of dihydropyridines is 1. The maximum absolute atomic E-state index is 12.9. The van der Waals surface area contributed by atoms with Gasteiger partial charge in [-0.2, -0.15) is 0 Å². The largest absolute Gasteiger partial charge is 0.513 e. The first-order valence-corrected chi connectivity index (χ1v) is 15.2. The predicted octanol–water partition coefficient (Wildman–Crippen LogP) is 7.06. The summed E-state index contributed by atoms with van der Waals surface area (Å²) in [4.78, 5) is 29.9. The van der Waals surface area contributed by atoms with Crippen molar-refractivity contribution in [2.75, 3.05) is 40.4 Å². The Morgan fingerprint density at radius 2 is 1.11 bits per heavy atom. The number of halogens is 1. The van der Waals surface area contributed by atoms with Crippen LogP contribution in [0, 0.1) is 0 Å². The minimum atomic E-state index is -0.876. The van der Waals surface area contributed by atoms with Gasteiger partial charge < -0.3 is 24.3 Å². The van der Waals surface area contributed by atoms with Crippen molar-refractivity contribution < 1.29 is 28.5 Å². The second-order valence-corrected chi connectivity index (χ2v) is 11.3. The second-order valence-electron chi connectivity index (χ2n) is 10.9. The molecule has 1 N–H and O–H groups in total. The number of benzene rings is 3.